The Hall–Kier alpha value is -3.60. The monoisotopic (exact) mass is 350 g/mol. The van der Waals surface area contributed by atoms with Crippen molar-refractivity contribution in [1.82, 2.24) is 0 Å². The summed E-state index contributed by atoms with van der Waals surface area (Å²) in [5.74, 6) is 0.0382. The van der Waals surface area contributed by atoms with E-state index in [1.807, 2.05) is 24.3 Å². The highest BCUT2D eigenvalue weighted by molar-refractivity contribution is 5.88. The van der Waals surface area contributed by atoms with E-state index in [0.29, 0.717) is 17.1 Å². The van der Waals surface area contributed by atoms with Gasteiger partial charge in [-0.25, -0.2) is 9.59 Å². The molecule has 2 aromatic carbocycles. The van der Waals surface area contributed by atoms with Gasteiger partial charge >= 0.3 is 11.9 Å². The van der Waals surface area contributed by atoms with Gasteiger partial charge in [0.25, 0.3) is 0 Å². The molecule has 2 aromatic rings. The third-order valence-corrected chi connectivity index (χ3v) is 3.21. The van der Waals surface area contributed by atoms with Crippen molar-refractivity contribution >= 4 is 11.9 Å². The molecule has 2 rings (SSSR count). The quantitative estimate of drug-likeness (QED) is 0.320. The second kappa shape index (κ2) is 9.03. The Morgan fingerprint density at radius 1 is 0.885 bits per heavy atom. The highest BCUT2D eigenvalue weighted by Crippen LogP contribution is 2.25. The molecule has 0 spiro atoms. The van der Waals surface area contributed by atoms with Crippen LogP contribution in [0, 0.1) is 0 Å². The predicted octanol–water partition coefficient (Wildman–Crippen LogP) is 4.41. The minimum absolute atomic E-state index is 0.345. The summed E-state index contributed by atoms with van der Waals surface area (Å²) >= 11 is 0. The zero-order valence-corrected chi connectivity index (χ0v) is 14.3. The van der Waals surface area contributed by atoms with Crippen LogP contribution in [0.15, 0.2) is 85.9 Å². The zero-order valence-electron chi connectivity index (χ0n) is 14.3. The van der Waals surface area contributed by atoms with Gasteiger partial charge in [-0.3, -0.25) is 0 Å². The Labute approximate surface area is 151 Å². The van der Waals surface area contributed by atoms with Crippen LogP contribution < -0.4 is 9.47 Å². The molecule has 0 fully saturated rings. The van der Waals surface area contributed by atoms with Gasteiger partial charge in [-0.2, -0.15) is 0 Å². The second-order valence-electron chi connectivity index (χ2n) is 5.25. The second-order valence-corrected chi connectivity index (χ2v) is 5.25. The van der Waals surface area contributed by atoms with Crippen molar-refractivity contribution in [1.29, 1.82) is 0 Å². The minimum atomic E-state index is -0.558. The molecule has 0 aliphatic carbocycles. The Morgan fingerprint density at radius 2 is 1.42 bits per heavy atom. The molecular weight excluding hydrogens is 332 g/mol. The number of esters is 2. The third-order valence-electron chi connectivity index (χ3n) is 3.21. The molecule has 5 nitrogen and oxygen atoms in total. The normalized spacial score (nSPS) is 10.2. The Balaban J connectivity index is 1.97. The van der Waals surface area contributed by atoms with Crippen LogP contribution in [0.2, 0.25) is 0 Å². The summed E-state index contributed by atoms with van der Waals surface area (Å²) in [6.45, 7) is 8.43. The average Bonchev–Trinajstić information content (AvgIpc) is 2.66. The number of hydrogen-bond donors (Lipinski definition) is 0. The average molecular weight is 350 g/mol. The van der Waals surface area contributed by atoms with Crippen molar-refractivity contribution in [3.8, 4) is 22.6 Å². The molecule has 26 heavy (non-hydrogen) atoms. The van der Waals surface area contributed by atoms with Crippen LogP contribution in [0.25, 0.3) is 11.1 Å². The van der Waals surface area contributed by atoms with Gasteiger partial charge in [-0.05, 0) is 42.3 Å². The van der Waals surface area contributed by atoms with Crippen LogP contribution in [-0.4, -0.2) is 11.9 Å². The SMILES string of the molecule is C=CC(=O)OC=COc1ccc(-c2ccc(OC(=O)C(=C)C)cc2)cc1. The molecule has 0 atom stereocenters. The van der Waals surface area contributed by atoms with E-state index in [-0.39, 0.29) is 0 Å². The zero-order chi connectivity index (χ0) is 18.9. The third kappa shape index (κ3) is 5.49. The van der Waals surface area contributed by atoms with E-state index in [2.05, 4.69) is 17.9 Å². The molecule has 0 amide bonds. The van der Waals surface area contributed by atoms with Crippen molar-refractivity contribution in [3.63, 3.8) is 0 Å². The van der Waals surface area contributed by atoms with Crippen molar-refractivity contribution in [3.05, 3.63) is 85.9 Å². The molecule has 0 aliphatic rings. The first-order chi connectivity index (χ1) is 12.5. The summed E-state index contributed by atoms with van der Waals surface area (Å²) in [5, 5.41) is 0. The molecule has 0 aromatic heterocycles. The van der Waals surface area contributed by atoms with Crippen LogP contribution in [0.4, 0.5) is 0 Å². The van der Waals surface area contributed by atoms with Crippen molar-refractivity contribution in [2.45, 2.75) is 6.92 Å². The van der Waals surface area contributed by atoms with Gasteiger partial charge in [-0.15, -0.1) is 0 Å². The van der Waals surface area contributed by atoms with Gasteiger partial charge in [0.2, 0.25) is 0 Å². The smallest absolute Gasteiger partial charge is 0.338 e. The Kier molecular flexibility index (Phi) is 6.51. The predicted molar refractivity (Wildman–Crippen MR) is 98.4 cm³/mol. The highest BCUT2D eigenvalue weighted by atomic mass is 16.5. The molecule has 0 aliphatic heterocycles. The maximum atomic E-state index is 11.5. The van der Waals surface area contributed by atoms with E-state index in [4.69, 9.17) is 9.47 Å². The first kappa shape index (κ1) is 18.7. The van der Waals surface area contributed by atoms with Crippen LogP contribution in [0.3, 0.4) is 0 Å². The summed E-state index contributed by atoms with van der Waals surface area (Å²) in [6.07, 6.45) is 3.47. The molecule has 0 saturated heterocycles. The first-order valence-electron chi connectivity index (χ1n) is 7.72. The fourth-order valence-electron chi connectivity index (χ4n) is 1.88. The topological polar surface area (TPSA) is 61.8 Å². The van der Waals surface area contributed by atoms with Crippen molar-refractivity contribution in [2.75, 3.05) is 0 Å². The summed E-state index contributed by atoms with van der Waals surface area (Å²) in [4.78, 5) is 22.4. The van der Waals surface area contributed by atoms with Crippen molar-refractivity contribution < 1.29 is 23.8 Å². The molecule has 5 heteroatoms. The van der Waals surface area contributed by atoms with E-state index < -0.39 is 11.9 Å². The van der Waals surface area contributed by atoms with E-state index in [1.54, 1.807) is 31.2 Å². The number of carbonyl (C=O) groups excluding carboxylic acids is 2. The van der Waals surface area contributed by atoms with E-state index in [0.717, 1.165) is 23.5 Å². The van der Waals surface area contributed by atoms with E-state index in [9.17, 15) is 9.59 Å². The summed E-state index contributed by atoms with van der Waals surface area (Å²) in [6, 6.07) is 14.5. The lowest BCUT2D eigenvalue weighted by atomic mass is 10.1. The number of ether oxygens (including phenoxy) is 3. The molecule has 0 radical (unpaired) electrons. The lowest BCUT2D eigenvalue weighted by molar-refractivity contribution is -0.132. The fraction of sp³-hybridized carbons (Fsp3) is 0.0476. The standard InChI is InChI=1S/C21H18O5/c1-4-20(22)25-14-13-24-18-9-5-16(6-10-18)17-7-11-19(12-8-17)26-21(23)15(2)3/h4-14H,1-2H2,3H3. The molecular formula is C21H18O5. The number of hydrogen-bond acceptors (Lipinski definition) is 5. The largest absolute Gasteiger partial charge is 0.462 e. The first-order valence-corrected chi connectivity index (χ1v) is 7.72. The van der Waals surface area contributed by atoms with E-state index >= 15 is 0 Å². The van der Waals surface area contributed by atoms with Gasteiger partial charge < -0.3 is 14.2 Å². The van der Waals surface area contributed by atoms with Crippen LogP contribution in [0.1, 0.15) is 6.92 Å². The summed E-state index contributed by atoms with van der Waals surface area (Å²) in [5.41, 5.74) is 2.28. The summed E-state index contributed by atoms with van der Waals surface area (Å²) < 4.78 is 15.1. The molecule has 0 bridgehead atoms. The van der Waals surface area contributed by atoms with E-state index in [1.165, 1.54) is 6.26 Å². The Bertz CT molecular complexity index is 830. The highest BCUT2D eigenvalue weighted by Gasteiger charge is 2.05. The van der Waals surface area contributed by atoms with Gasteiger partial charge in [0.05, 0.1) is 0 Å². The molecule has 132 valence electrons. The van der Waals surface area contributed by atoms with Crippen LogP contribution in [-0.2, 0) is 14.3 Å². The maximum absolute atomic E-state index is 11.5. The number of carbonyl (C=O) groups is 2. The fourth-order valence-corrected chi connectivity index (χ4v) is 1.88. The lowest BCUT2D eigenvalue weighted by Crippen LogP contribution is -2.07. The molecule has 0 saturated carbocycles. The lowest BCUT2D eigenvalue weighted by Gasteiger charge is -2.06. The van der Waals surface area contributed by atoms with Crippen LogP contribution >= 0.6 is 0 Å². The molecule has 0 N–H and O–H groups in total. The van der Waals surface area contributed by atoms with Crippen LogP contribution in [0.5, 0.6) is 11.5 Å². The van der Waals surface area contributed by atoms with Gasteiger partial charge in [-0.1, -0.05) is 37.4 Å². The molecule has 0 heterocycles. The number of rotatable bonds is 7. The van der Waals surface area contributed by atoms with Gasteiger partial charge in [0.1, 0.15) is 24.0 Å². The van der Waals surface area contributed by atoms with Gasteiger partial charge in [0, 0.05) is 11.6 Å². The number of benzene rings is 2. The molecule has 0 unspecified atom stereocenters. The Morgan fingerprint density at radius 3 is 1.92 bits per heavy atom. The summed E-state index contributed by atoms with van der Waals surface area (Å²) in [7, 11) is 0. The maximum Gasteiger partial charge on any atom is 0.338 e. The minimum Gasteiger partial charge on any atom is -0.462 e. The van der Waals surface area contributed by atoms with Gasteiger partial charge in [0.15, 0.2) is 0 Å². The van der Waals surface area contributed by atoms with Crippen molar-refractivity contribution in [2.24, 2.45) is 0 Å².